The molecule has 1 aromatic rings. The van der Waals surface area contributed by atoms with Crippen LogP contribution in [-0.4, -0.2) is 39.2 Å². The number of amides is 1. The van der Waals surface area contributed by atoms with Crippen molar-refractivity contribution in [3.63, 3.8) is 0 Å². The molecule has 0 fully saturated rings. The van der Waals surface area contributed by atoms with Crippen molar-refractivity contribution in [1.82, 2.24) is 4.90 Å². The minimum absolute atomic E-state index is 0.219. The molecule has 0 aliphatic heterocycles. The second-order valence-corrected chi connectivity index (χ2v) is 5.15. The minimum atomic E-state index is -4.08. The van der Waals surface area contributed by atoms with Crippen molar-refractivity contribution in [2.45, 2.75) is 11.3 Å². The zero-order valence-electron chi connectivity index (χ0n) is 9.51. The second kappa shape index (κ2) is 5.40. The number of hydrogen-bond acceptors (Lipinski definition) is 3. The number of halogens is 2. The Kier molecular flexibility index (Phi) is 4.36. The molecule has 0 unspecified atom stereocenters. The van der Waals surface area contributed by atoms with E-state index in [0.717, 1.165) is 18.0 Å². The fourth-order valence-corrected chi connectivity index (χ4v) is 2.12. The number of primary sulfonamides is 1. The van der Waals surface area contributed by atoms with Crippen LogP contribution in [0.5, 0.6) is 0 Å². The predicted octanol–water partition coefficient (Wildman–Crippen LogP) is 0.671. The van der Waals surface area contributed by atoms with Gasteiger partial charge >= 0.3 is 0 Å². The Morgan fingerprint density at radius 3 is 2.44 bits per heavy atom. The van der Waals surface area contributed by atoms with E-state index in [1.165, 1.54) is 18.2 Å². The molecule has 0 atom stereocenters. The molecule has 0 radical (unpaired) electrons. The topological polar surface area (TPSA) is 80.5 Å². The lowest BCUT2D eigenvalue weighted by molar-refractivity contribution is 0.0617. The van der Waals surface area contributed by atoms with Gasteiger partial charge in [0.25, 0.3) is 12.3 Å². The highest BCUT2D eigenvalue weighted by Gasteiger charge is 2.22. The molecule has 0 saturated carbocycles. The van der Waals surface area contributed by atoms with E-state index in [9.17, 15) is 22.0 Å². The first-order valence-electron chi connectivity index (χ1n) is 4.89. The highest BCUT2D eigenvalue weighted by Crippen LogP contribution is 2.15. The summed E-state index contributed by atoms with van der Waals surface area (Å²) >= 11 is 0. The number of alkyl halides is 2. The smallest absolute Gasteiger partial charge is 0.255 e. The Bertz CT molecular complexity index is 546. The molecule has 8 heteroatoms. The van der Waals surface area contributed by atoms with Crippen LogP contribution in [0.25, 0.3) is 0 Å². The summed E-state index contributed by atoms with van der Waals surface area (Å²) in [6.07, 6.45) is -2.69. The third kappa shape index (κ3) is 3.47. The molecule has 2 N–H and O–H groups in total. The first-order chi connectivity index (χ1) is 8.23. The summed E-state index contributed by atoms with van der Waals surface area (Å²) in [5.41, 5.74) is -0.219. The van der Waals surface area contributed by atoms with Gasteiger partial charge in [-0.3, -0.25) is 4.79 Å². The number of nitrogens with two attached hydrogens (primary N) is 1. The van der Waals surface area contributed by atoms with Gasteiger partial charge in [0.2, 0.25) is 10.0 Å². The van der Waals surface area contributed by atoms with Crippen LogP contribution in [0.15, 0.2) is 29.2 Å². The zero-order chi connectivity index (χ0) is 13.9. The summed E-state index contributed by atoms with van der Waals surface area (Å²) in [5, 5.41) is 4.95. The van der Waals surface area contributed by atoms with Gasteiger partial charge in [-0.05, 0) is 12.1 Å². The van der Waals surface area contributed by atoms with Crippen LogP contribution in [0, 0.1) is 0 Å². The van der Waals surface area contributed by atoms with E-state index in [2.05, 4.69) is 0 Å². The Morgan fingerprint density at radius 1 is 1.39 bits per heavy atom. The van der Waals surface area contributed by atoms with Crippen LogP contribution in [0.3, 0.4) is 0 Å². The van der Waals surface area contributed by atoms with Gasteiger partial charge in [-0.25, -0.2) is 22.3 Å². The van der Waals surface area contributed by atoms with Crippen molar-refractivity contribution in [2.75, 3.05) is 13.6 Å². The second-order valence-electron chi connectivity index (χ2n) is 3.62. The molecule has 5 nitrogen and oxygen atoms in total. The Morgan fingerprint density at radius 2 is 1.94 bits per heavy atom. The summed E-state index contributed by atoms with van der Waals surface area (Å²) in [4.78, 5) is 12.2. The van der Waals surface area contributed by atoms with Gasteiger partial charge in [0, 0.05) is 7.05 Å². The predicted molar refractivity (Wildman–Crippen MR) is 60.8 cm³/mol. The van der Waals surface area contributed by atoms with Gasteiger partial charge in [-0.1, -0.05) is 12.1 Å². The number of carbonyl (C=O) groups excluding carboxylic acids is 1. The van der Waals surface area contributed by atoms with E-state index < -0.39 is 28.9 Å². The fourth-order valence-electron chi connectivity index (χ4n) is 1.39. The average molecular weight is 278 g/mol. The molecule has 1 amide bonds. The number of rotatable bonds is 4. The zero-order valence-corrected chi connectivity index (χ0v) is 10.3. The van der Waals surface area contributed by atoms with Crippen LogP contribution >= 0.6 is 0 Å². The van der Waals surface area contributed by atoms with Crippen LogP contribution in [0.2, 0.25) is 0 Å². The number of nitrogens with zero attached hydrogens (tertiary/aromatic N) is 1. The van der Waals surface area contributed by atoms with E-state index in [1.54, 1.807) is 0 Å². The normalized spacial score (nSPS) is 11.6. The van der Waals surface area contributed by atoms with Gasteiger partial charge in [-0.15, -0.1) is 0 Å². The molecule has 0 aromatic heterocycles. The SMILES string of the molecule is CN(CC(F)F)C(=O)c1ccccc1S(N)(=O)=O. The molecule has 0 spiro atoms. The Balaban J connectivity index is 3.14. The number of hydrogen-bond donors (Lipinski definition) is 1. The molecule has 0 bridgehead atoms. The first kappa shape index (κ1) is 14.5. The first-order valence-corrected chi connectivity index (χ1v) is 6.43. The molecule has 0 aliphatic rings. The number of sulfonamides is 1. The van der Waals surface area contributed by atoms with E-state index in [1.807, 2.05) is 0 Å². The third-order valence-corrected chi connectivity index (χ3v) is 3.15. The molecule has 1 rings (SSSR count). The van der Waals surface area contributed by atoms with Crippen LogP contribution in [0.4, 0.5) is 8.78 Å². The summed E-state index contributed by atoms with van der Waals surface area (Å²) in [6.45, 7) is -0.780. The van der Waals surface area contributed by atoms with E-state index in [-0.39, 0.29) is 10.5 Å². The highest BCUT2D eigenvalue weighted by molar-refractivity contribution is 7.89. The van der Waals surface area contributed by atoms with E-state index in [4.69, 9.17) is 5.14 Å². The van der Waals surface area contributed by atoms with Gasteiger partial charge < -0.3 is 4.90 Å². The van der Waals surface area contributed by atoms with Crippen LogP contribution in [-0.2, 0) is 10.0 Å². The van der Waals surface area contributed by atoms with Crippen molar-refractivity contribution >= 4 is 15.9 Å². The lowest BCUT2D eigenvalue weighted by atomic mass is 10.2. The largest absolute Gasteiger partial charge is 0.336 e. The van der Waals surface area contributed by atoms with Gasteiger partial charge in [-0.2, -0.15) is 0 Å². The van der Waals surface area contributed by atoms with Crippen molar-refractivity contribution in [2.24, 2.45) is 5.14 Å². The Hall–Kier alpha value is -1.54. The summed E-state index contributed by atoms with van der Waals surface area (Å²) in [5.74, 6) is -0.820. The highest BCUT2D eigenvalue weighted by atomic mass is 32.2. The standard InChI is InChI=1S/C10H12F2N2O3S/c1-14(6-9(11)12)10(15)7-4-2-3-5-8(7)18(13,16)17/h2-5,9H,6H2,1H3,(H2,13,16,17). The minimum Gasteiger partial charge on any atom is -0.336 e. The van der Waals surface area contributed by atoms with Crippen molar-refractivity contribution < 1.29 is 22.0 Å². The van der Waals surface area contributed by atoms with Crippen LogP contribution < -0.4 is 5.14 Å². The van der Waals surface area contributed by atoms with Crippen molar-refractivity contribution in [1.29, 1.82) is 0 Å². The molecular weight excluding hydrogens is 266 g/mol. The molecule has 0 heterocycles. The average Bonchev–Trinajstić information content (AvgIpc) is 2.26. The van der Waals surface area contributed by atoms with Crippen molar-refractivity contribution in [3.05, 3.63) is 29.8 Å². The molecule has 0 saturated heterocycles. The van der Waals surface area contributed by atoms with Gasteiger partial charge in [0.1, 0.15) is 0 Å². The maximum atomic E-state index is 12.2. The summed E-state index contributed by atoms with van der Waals surface area (Å²) in [6, 6.07) is 5.20. The summed E-state index contributed by atoms with van der Waals surface area (Å²) < 4.78 is 46.8. The molecular formula is C10H12F2N2O3S. The van der Waals surface area contributed by atoms with Gasteiger partial charge in [0.05, 0.1) is 17.0 Å². The Labute approximate surface area is 103 Å². The molecule has 0 aliphatic carbocycles. The lowest BCUT2D eigenvalue weighted by Crippen LogP contribution is -2.32. The van der Waals surface area contributed by atoms with E-state index >= 15 is 0 Å². The summed E-state index contributed by atoms with van der Waals surface area (Å²) in [7, 11) is -2.91. The monoisotopic (exact) mass is 278 g/mol. The molecule has 1 aromatic carbocycles. The maximum Gasteiger partial charge on any atom is 0.255 e. The lowest BCUT2D eigenvalue weighted by Gasteiger charge is -2.17. The third-order valence-electron chi connectivity index (χ3n) is 2.18. The quantitative estimate of drug-likeness (QED) is 0.879. The van der Waals surface area contributed by atoms with Crippen molar-refractivity contribution in [3.8, 4) is 0 Å². The van der Waals surface area contributed by atoms with Gasteiger partial charge in [0.15, 0.2) is 0 Å². The number of carbonyl (C=O) groups is 1. The van der Waals surface area contributed by atoms with E-state index in [0.29, 0.717) is 0 Å². The number of benzene rings is 1. The molecule has 100 valence electrons. The maximum absolute atomic E-state index is 12.2. The molecule has 18 heavy (non-hydrogen) atoms. The van der Waals surface area contributed by atoms with Crippen LogP contribution in [0.1, 0.15) is 10.4 Å². The fraction of sp³-hybridized carbons (Fsp3) is 0.300.